The summed E-state index contributed by atoms with van der Waals surface area (Å²) in [6.45, 7) is 1.66. The quantitative estimate of drug-likeness (QED) is 0.681. The molecule has 2 rings (SSSR count). The molecule has 0 unspecified atom stereocenters. The number of nitrogens with zero attached hydrogens (tertiary/aromatic N) is 2. The van der Waals surface area contributed by atoms with Crippen LogP contribution in [0, 0.1) is 28.7 Å². The number of non-ortho nitro benzene ring substituents is 1. The summed E-state index contributed by atoms with van der Waals surface area (Å²) in [5.74, 6) is -1.26. The highest BCUT2D eigenvalue weighted by Gasteiger charge is 2.17. The van der Waals surface area contributed by atoms with E-state index in [9.17, 15) is 18.9 Å². The van der Waals surface area contributed by atoms with Crippen LogP contribution in [0.15, 0.2) is 22.7 Å². The maximum Gasteiger partial charge on any atom is 0.275 e. The zero-order chi connectivity index (χ0) is 14.0. The summed E-state index contributed by atoms with van der Waals surface area (Å²) in [5, 5.41) is 12.9. The predicted molar refractivity (Wildman–Crippen MR) is 61.6 cm³/mol. The number of nitro groups is 1. The van der Waals surface area contributed by atoms with Crippen LogP contribution in [0.5, 0.6) is 0 Å². The number of nitro benzene ring substituents is 1. The molecule has 0 saturated carbocycles. The van der Waals surface area contributed by atoms with Gasteiger partial charge in [-0.15, -0.1) is 0 Å². The van der Waals surface area contributed by atoms with Crippen molar-refractivity contribution < 1.29 is 18.1 Å². The fourth-order valence-electron chi connectivity index (χ4n) is 1.48. The molecular weight excluding hydrogens is 260 g/mol. The van der Waals surface area contributed by atoms with Crippen LogP contribution in [0.25, 0.3) is 0 Å². The molecule has 0 atom stereocenters. The molecule has 1 aromatic carbocycles. The molecule has 2 aromatic rings. The number of aryl methyl sites for hydroxylation is 1. The number of nitrogens with one attached hydrogen (secondary N) is 1. The molecular formula is C11H9F2N3O3. The number of rotatable bonds is 4. The van der Waals surface area contributed by atoms with Crippen LogP contribution in [0.3, 0.4) is 0 Å². The van der Waals surface area contributed by atoms with E-state index in [1.54, 1.807) is 6.92 Å². The molecule has 19 heavy (non-hydrogen) atoms. The highest BCUT2D eigenvalue weighted by atomic mass is 19.1. The van der Waals surface area contributed by atoms with Gasteiger partial charge < -0.3 is 9.73 Å². The van der Waals surface area contributed by atoms with Crippen LogP contribution < -0.4 is 5.32 Å². The normalized spacial score (nSPS) is 10.5. The van der Waals surface area contributed by atoms with Crippen molar-refractivity contribution in [3.05, 3.63) is 51.7 Å². The van der Waals surface area contributed by atoms with E-state index in [1.807, 2.05) is 0 Å². The van der Waals surface area contributed by atoms with Crippen LogP contribution in [-0.2, 0) is 6.54 Å². The highest BCUT2D eigenvalue weighted by molar-refractivity contribution is 5.51. The van der Waals surface area contributed by atoms with Crippen molar-refractivity contribution in [2.24, 2.45) is 0 Å². The number of hydrogen-bond acceptors (Lipinski definition) is 5. The average molecular weight is 269 g/mol. The van der Waals surface area contributed by atoms with E-state index >= 15 is 0 Å². The molecule has 0 radical (unpaired) electrons. The predicted octanol–water partition coefficient (Wildman–Crippen LogP) is 2.78. The van der Waals surface area contributed by atoms with E-state index in [4.69, 9.17) is 4.42 Å². The number of aromatic nitrogens is 1. The van der Waals surface area contributed by atoms with Gasteiger partial charge in [-0.2, -0.15) is 0 Å². The summed E-state index contributed by atoms with van der Waals surface area (Å²) < 4.78 is 32.2. The Balaban J connectivity index is 2.18. The van der Waals surface area contributed by atoms with E-state index in [0.717, 1.165) is 0 Å². The molecule has 1 aromatic heterocycles. The smallest absolute Gasteiger partial charge is 0.275 e. The number of anilines is 1. The Labute approximate surface area is 106 Å². The van der Waals surface area contributed by atoms with Crippen molar-refractivity contribution in [1.29, 1.82) is 0 Å². The molecule has 8 heteroatoms. The topological polar surface area (TPSA) is 81.2 Å². The minimum Gasteiger partial charge on any atom is -0.444 e. The lowest BCUT2D eigenvalue weighted by molar-refractivity contribution is -0.385. The summed E-state index contributed by atoms with van der Waals surface area (Å²) in [6.07, 6.45) is 1.47. The maximum absolute atomic E-state index is 13.5. The van der Waals surface area contributed by atoms with Gasteiger partial charge in [0.15, 0.2) is 11.6 Å². The molecule has 6 nitrogen and oxygen atoms in total. The van der Waals surface area contributed by atoms with Crippen LogP contribution >= 0.6 is 0 Å². The van der Waals surface area contributed by atoms with Crippen LogP contribution in [0.2, 0.25) is 0 Å². The monoisotopic (exact) mass is 269 g/mol. The van der Waals surface area contributed by atoms with Crippen molar-refractivity contribution in [1.82, 2.24) is 4.98 Å². The van der Waals surface area contributed by atoms with E-state index < -0.39 is 27.9 Å². The molecule has 1 N–H and O–H groups in total. The standard InChI is InChI=1S/C11H9F2N3O3/c1-6-4-14-10(19-6)5-15-11-8(12)2-7(16(17)18)3-9(11)13/h2-4,15H,5H2,1H3. The molecule has 100 valence electrons. The minimum absolute atomic E-state index is 0.0283. The second kappa shape index (κ2) is 5.01. The van der Waals surface area contributed by atoms with Gasteiger partial charge in [0.2, 0.25) is 5.89 Å². The van der Waals surface area contributed by atoms with Crippen molar-refractivity contribution in [2.75, 3.05) is 5.32 Å². The van der Waals surface area contributed by atoms with Crippen molar-refractivity contribution >= 4 is 11.4 Å². The van der Waals surface area contributed by atoms with E-state index in [-0.39, 0.29) is 12.4 Å². The SMILES string of the molecule is Cc1cnc(CNc2c(F)cc([N+](=O)[O-])cc2F)o1. The number of oxazole rings is 1. The number of benzene rings is 1. The Morgan fingerprint density at radius 1 is 1.42 bits per heavy atom. The lowest BCUT2D eigenvalue weighted by Gasteiger charge is -2.06. The fraction of sp³-hybridized carbons (Fsp3) is 0.182. The third kappa shape index (κ3) is 2.84. The average Bonchev–Trinajstić information content (AvgIpc) is 2.73. The summed E-state index contributed by atoms with van der Waals surface area (Å²) in [4.78, 5) is 13.4. The second-order valence-corrected chi connectivity index (χ2v) is 3.76. The summed E-state index contributed by atoms with van der Waals surface area (Å²) in [6, 6.07) is 1.29. The zero-order valence-electron chi connectivity index (χ0n) is 9.81. The largest absolute Gasteiger partial charge is 0.444 e. The lowest BCUT2D eigenvalue weighted by Crippen LogP contribution is -2.05. The van der Waals surface area contributed by atoms with Gasteiger partial charge in [0.1, 0.15) is 11.4 Å². The first-order valence-electron chi connectivity index (χ1n) is 5.26. The Bertz CT molecular complexity index is 604. The molecule has 0 aliphatic rings. The van der Waals surface area contributed by atoms with Gasteiger partial charge in [0.25, 0.3) is 5.69 Å². The first kappa shape index (κ1) is 12.9. The Morgan fingerprint density at radius 3 is 2.53 bits per heavy atom. The molecule has 0 fully saturated rings. The van der Waals surface area contributed by atoms with Crippen molar-refractivity contribution in [3.63, 3.8) is 0 Å². The first-order valence-corrected chi connectivity index (χ1v) is 5.26. The van der Waals surface area contributed by atoms with Gasteiger partial charge in [0, 0.05) is 0 Å². The van der Waals surface area contributed by atoms with E-state index in [2.05, 4.69) is 10.3 Å². The molecule has 0 amide bonds. The van der Waals surface area contributed by atoms with Gasteiger partial charge in [-0.1, -0.05) is 0 Å². The summed E-state index contributed by atoms with van der Waals surface area (Å²) in [7, 11) is 0. The zero-order valence-corrected chi connectivity index (χ0v) is 9.81. The fourth-order valence-corrected chi connectivity index (χ4v) is 1.48. The summed E-state index contributed by atoms with van der Waals surface area (Å²) in [5.41, 5.74) is -1.10. The molecule has 0 spiro atoms. The Hall–Kier alpha value is -2.51. The third-order valence-corrected chi connectivity index (χ3v) is 2.32. The Morgan fingerprint density at radius 2 is 2.05 bits per heavy atom. The number of hydrogen-bond donors (Lipinski definition) is 1. The van der Waals surface area contributed by atoms with Gasteiger partial charge in [0.05, 0.1) is 29.8 Å². The van der Waals surface area contributed by atoms with Crippen LogP contribution in [0.4, 0.5) is 20.2 Å². The second-order valence-electron chi connectivity index (χ2n) is 3.76. The van der Waals surface area contributed by atoms with Gasteiger partial charge >= 0.3 is 0 Å². The number of halogens is 2. The molecule has 1 heterocycles. The van der Waals surface area contributed by atoms with Crippen molar-refractivity contribution in [2.45, 2.75) is 13.5 Å². The maximum atomic E-state index is 13.5. The van der Waals surface area contributed by atoms with E-state index in [0.29, 0.717) is 17.9 Å². The molecule has 0 saturated heterocycles. The molecule has 0 bridgehead atoms. The minimum atomic E-state index is -1.05. The Kier molecular flexibility index (Phi) is 3.41. The summed E-state index contributed by atoms with van der Waals surface area (Å²) >= 11 is 0. The lowest BCUT2D eigenvalue weighted by atomic mass is 10.2. The van der Waals surface area contributed by atoms with Crippen molar-refractivity contribution in [3.8, 4) is 0 Å². The van der Waals surface area contributed by atoms with Gasteiger partial charge in [-0.25, -0.2) is 13.8 Å². The van der Waals surface area contributed by atoms with E-state index in [1.165, 1.54) is 6.20 Å². The highest BCUT2D eigenvalue weighted by Crippen LogP contribution is 2.25. The van der Waals surface area contributed by atoms with Gasteiger partial charge in [-0.3, -0.25) is 10.1 Å². The first-order chi connectivity index (χ1) is 8.97. The third-order valence-electron chi connectivity index (χ3n) is 2.32. The molecule has 0 aliphatic heterocycles. The van der Waals surface area contributed by atoms with Crippen LogP contribution in [0.1, 0.15) is 11.7 Å². The van der Waals surface area contributed by atoms with Gasteiger partial charge in [-0.05, 0) is 6.92 Å². The molecule has 0 aliphatic carbocycles. The van der Waals surface area contributed by atoms with Crippen LogP contribution in [-0.4, -0.2) is 9.91 Å².